The van der Waals surface area contributed by atoms with Gasteiger partial charge in [-0.2, -0.15) is 0 Å². The Hall–Kier alpha value is -0.530. The summed E-state index contributed by atoms with van der Waals surface area (Å²) in [4.78, 5) is 0. The fraction of sp³-hybridized carbons (Fsp3) is 0.867. The third kappa shape index (κ3) is 3.32. The van der Waals surface area contributed by atoms with Gasteiger partial charge in [-0.3, -0.25) is 0 Å². The Balaban J connectivity index is 1.88. The van der Waals surface area contributed by atoms with Gasteiger partial charge in [0.1, 0.15) is 0 Å². The lowest BCUT2D eigenvalue weighted by Gasteiger charge is -2.34. The highest BCUT2D eigenvalue weighted by Crippen LogP contribution is 2.44. The molecule has 0 aromatic heterocycles. The van der Waals surface area contributed by atoms with E-state index in [-0.39, 0.29) is 10.5 Å². The minimum atomic E-state index is -2.95. The van der Waals surface area contributed by atoms with Crippen molar-refractivity contribution < 1.29 is 13.5 Å². The van der Waals surface area contributed by atoms with Crippen molar-refractivity contribution in [2.24, 2.45) is 0 Å². The molecule has 0 saturated carbocycles. The minimum absolute atomic E-state index is 0.321. The summed E-state index contributed by atoms with van der Waals surface area (Å²) in [6.07, 6.45) is 7.02. The highest BCUT2D eigenvalue weighted by atomic mass is 32.2. The molecular weight excluding hydrogens is 260 g/mol. The first kappa shape index (κ1) is 14.9. The minimum Gasteiger partial charge on any atom is -0.389 e. The molecule has 2 heterocycles. The Kier molecular flexibility index (Phi) is 4.58. The monoisotopic (exact) mass is 284 g/mol. The van der Waals surface area contributed by atoms with Crippen LogP contribution in [-0.4, -0.2) is 29.6 Å². The van der Waals surface area contributed by atoms with E-state index in [2.05, 4.69) is 18.8 Å². The summed E-state index contributed by atoms with van der Waals surface area (Å²) in [5.41, 5.74) is -0.866. The maximum absolute atomic E-state index is 12.0. The van der Waals surface area contributed by atoms with Gasteiger partial charge in [0.05, 0.1) is 16.1 Å². The molecule has 0 aromatic rings. The molecule has 0 amide bonds. The van der Waals surface area contributed by atoms with Crippen LogP contribution in [0.25, 0.3) is 0 Å². The van der Waals surface area contributed by atoms with Crippen LogP contribution in [-0.2, 0) is 9.84 Å². The maximum atomic E-state index is 12.0. The van der Waals surface area contributed by atoms with Crippen molar-refractivity contribution in [2.75, 3.05) is 0 Å². The van der Waals surface area contributed by atoms with Gasteiger partial charge in [-0.15, -0.1) is 11.8 Å². The first-order valence-corrected chi connectivity index (χ1v) is 9.00. The van der Waals surface area contributed by atoms with Crippen LogP contribution in [0.1, 0.15) is 64.7 Å². The normalized spacial score (nSPS) is 35.7. The average Bonchev–Trinajstić information content (AvgIpc) is 2.54. The van der Waals surface area contributed by atoms with Gasteiger partial charge in [-0.25, -0.2) is 8.42 Å². The van der Waals surface area contributed by atoms with Crippen molar-refractivity contribution in [3.63, 3.8) is 0 Å². The first-order chi connectivity index (χ1) is 8.98. The molecule has 3 nitrogen and oxygen atoms in total. The Morgan fingerprint density at radius 1 is 1.16 bits per heavy atom. The molecule has 0 spiro atoms. The van der Waals surface area contributed by atoms with Gasteiger partial charge in [-0.1, -0.05) is 19.8 Å². The third-order valence-electron chi connectivity index (χ3n) is 4.40. The van der Waals surface area contributed by atoms with Crippen molar-refractivity contribution in [1.82, 2.24) is 0 Å². The van der Waals surface area contributed by atoms with Crippen LogP contribution in [0.4, 0.5) is 0 Å². The molecule has 2 aliphatic heterocycles. The van der Waals surface area contributed by atoms with E-state index in [4.69, 9.17) is 0 Å². The zero-order valence-corrected chi connectivity index (χ0v) is 12.5. The van der Waals surface area contributed by atoms with Crippen LogP contribution in [0.5, 0.6) is 0 Å². The lowest BCUT2D eigenvalue weighted by Crippen LogP contribution is -2.44. The third-order valence-corrected chi connectivity index (χ3v) is 7.07. The molecule has 0 aliphatic carbocycles. The van der Waals surface area contributed by atoms with Crippen LogP contribution in [0.15, 0.2) is 0 Å². The predicted octanol–water partition coefficient (Wildman–Crippen LogP) is 2.43. The van der Waals surface area contributed by atoms with Crippen LogP contribution in [0, 0.1) is 11.8 Å². The van der Waals surface area contributed by atoms with Gasteiger partial charge >= 0.3 is 0 Å². The smallest absolute Gasteiger partial charge is 0.156 e. The summed E-state index contributed by atoms with van der Waals surface area (Å²) in [7, 11) is -2.95. The second kappa shape index (κ2) is 5.85. The van der Waals surface area contributed by atoms with Crippen molar-refractivity contribution in [1.29, 1.82) is 0 Å². The molecule has 2 fully saturated rings. The Bertz CT molecular complexity index is 449. The molecule has 108 valence electrons. The molecule has 2 saturated heterocycles. The molecule has 2 unspecified atom stereocenters. The zero-order valence-electron chi connectivity index (χ0n) is 11.7. The number of hydrogen-bond acceptors (Lipinski definition) is 3. The summed E-state index contributed by atoms with van der Waals surface area (Å²) < 4.78 is 23.9. The lowest BCUT2D eigenvalue weighted by atomic mass is 9.90. The van der Waals surface area contributed by atoms with Gasteiger partial charge in [-0.05, 0) is 32.1 Å². The standard InChI is InChI=1S/C15H24O3S/c1-2-3-4-5-6-7-10-15(16)11-13-8-9-14(12-15)19(13,17)18/h13-14,16H,2-5,8-12H2,1H3. The molecule has 0 aromatic carbocycles. The van der Waals surface area contributed by atoms with Crippen LogP contribution in [0.2, 0.25) is 0 Å². The summed E-state index contributed by atoms with van der Waals surface area (Å²) in [5, 5.41) is 9.88. The quantitative estimate of drug-likeness (QED) is 0.637. The molecule has 2 bridgehead atoms. The molecular formula is C15H24O3S. The van der Waals surface area contributed by atoms with Crippen molar-refractivity contribution >= 4 is 9.84 Å². The van der Waals surface area contributed by atoms with Gasteiger partial charge in [0.2, 0.25) is 0 Å². The van der Waals surface area contributed by atoms with E-state index in [1.807, 2.05) is 0 Å². The highest BCUT2D eigenvalue weighted by molar-refractivity contribution is 7.93. The second-order valence-electron chi connectivity index (χ2n) is 6.03. The SMILES string of the molecule is CCCCCC#CCC1(O)CC2CCC(C1)S2(=O)=O. The summed E-state index contributed by atoms with van der Waals surface area (Å²) in [6, 6.07) is 0. The van der Waals surface area contributed by atoms with E-state index in [9.17, 15) is 13.5 Å². The molecule has 2 rings (SSSR count). The average molecular weight is 284 g/mol. The number of aliphatic hydroxyl groups is 1. The number of sulfone groups is 1. The van der Waals surface area contributed by atoms with E-state index in [1.54, 1.807) is 0 Å². The number of fused-ring (bicyclic) bond motifs is 2. The van der Waals surface area contributed by atoms with Gasteiger partial charge in [0, 0.05) is 12.8 Å². The molecule has 2 atom stereocenters. The topological polar surface area (TPSA) is 54.4 Å². The van der Waals surface area contributed by atoms with E-state index >= 15 is 0 Å². The molecule has 2 aliphatic rings. The number of rotatable bonds is 4. The molecule has 4 heteroatoms. The first-order valence-electron chi connectivity index (χ1n) is 7.39. The van der Waals surface area contributed by atoms with Crippen LogP contribution >= 0.6 is 0 Å². The van der Waals surface area contributed by atoms with Gasteiger partial charge in [0.25, 0.3) is 0 Å². The van der Waals surface area contributed by atoms with Gasteiger partial charge in [0.15, 0.2) is 9.84 Å². The second-order valence-corrected chi connectivity index (χ2v) is 8.54. The Morgan fingerprint density at radius 2 is 1.79 bits per heavy atom. The van der Waals surface area contributed by atoms with Gasteiger partial charge < -0.3 is 5.11 Å². The fourth-order valence-electron chi connectivity index (χ4n) is 3.26. The number of hydrogen-bond donors (Lipinski definition) is 1. The Morgan fingerprint density at radius 3 is 2.37 bits per heavy atom. The molecule has 19 heavy (non-hydrogen) atoms. The fourth-order valence-corrected chi connectivity index (χ4v) is 5.82. The van der Waals surface area contributed by atoms with E-state index in [1.165, 1.54) is 12.8 Å². The largest absolute Gasteiger partial charge is 0.389 e. The van der Waals surface area contributed by atoms with Crippen molar-refractivity contribution in [3.05, 3.63) is 0 Å². The van der Waals surface area contributed by atoms with E-state index in [0.717, 1.165) is 25.7 Å². The summed E-state index contributed by atoms with van der Waals surface area (Å²) in [5.74, 6) is 6.16. The predicted molar refractivity (Wildman–Crippen MR) is 76.4 cm³/mol. The zero-order chi connectivity index (χ0) is 13.9. The van der Waals surface area contributed by atoms with Crippen molar-refractivity contribution in [3.8, 4) is 11.8 Å². The van der Waals surface area contributed by atoms with E-state index < -0.39 is 15.4 Å². The lowest BCUT2D eigenvalue weighted by molar-refractivity contribution is 0.0266. The van der Waals surface area contributed by atoms with Crippen molar-refractivity contribution in [2.45, 2.75) is 80.8 Å². The molecule has 1 N–H and O–H groups in total. The van der Waals surface area contributed by atoms with Crippen LogP contribution < -0.4 is 0 Å². The summed E-state index contributed by atoms with van der Waals surface area (Å²) in [6.45, 7) is 2.16. The van der Waals surface area contributed by atoms with E-state index in [0.29, 0.717) is 19.3 Å². The highest BCUT2D eigenvalue weighted by Gasteiger charge is 2.52. The summed E-state index contributed by atoms with van der Waals surface area (Å²) >= 11 is 0. The van der Waals surface area contributed by atoms with Crippen LogP contribution in [0.3, 0.4) is 0 Å². The number of unbranched alkanes of at least 4 members (excludes halogenated alkanes) is 3. The maximum Gasteiger partial charge on any atom is 0.156 e. The Labute approximate surface area is 116 Å². The molecule has 0 radical (unpaired) electrons.